The van der Waals surface area contributed by atoms with Crippen molar-refractivity contribution in [3.63, 3.8) is 0 Å². The Balaban J connectivity index is 1.64. The Morgan fingerprint density at radius 3 is 2.46 bits per heavy atom. The van der Waals surface area contributed by atoms with Crippen LogP contribution in [0.3, 0.4) is 0 Å². The first-order valence-electron chi connectivity index (χ1n) is 8.09. The normalized spacial score (nSPS) is 11.0. The predicted octanol–water partition coefficient (Wildman–Crippen LogP) is 6.87. The summed E-state index contributed by atoms with van der Waals surface area (Å²) in [5.74, 6) is 0.859. The molecular formula is C21H15Cl2NOS. The van der Waals surface area contributed by atoms with Gasteiger partial charge in [0, 0.05) is 27.4 Å². The van der Waals surface area contributed by atoms with Gasteiger partial charge in [0.1, 0.15) is 5.75 Å². The molecule has 26 heavy (non-hydrogen) atoms. The Morgan fingerprint density at radius 1 is 0.962 bits per heavy atom. The molecule has 0 fully saturated rings. The summed E-state index contributed by atoms with van der Waals surface area (Å²) in [5, 5.41) is 6.72. The van der Waals surface area contributed by atoms with E-state index in [1.165, 1.54) is 0 Å². The second kappa shape index (κ2) is 7.28. The summed E-state index contributed by atoms with van der Waals surface area (Å²) in [4.78, 5) is 4.78. The number of benzene rings is 3. The number of thiazole rings is 1. The molecular weight excluding hydrogens is 385 g/mol. The van der Waals surface area contributed by atoms with E-state index in [0.29, 0.717) is 16.5 Å². The molecule has 0 spiro atoms. The predicted molar refractivity (Wildman–Crippen MR) is 111 cm³/mol. The fourth-order valence-corrected chi connectivity index (χ4v) is 4.23. The summed E-state index contributed by atoms with van der Waals surface area (Å²) in [5.41, 5.74) is 2.98. The summed E-state index contributed by atoms with van der Waals surface area (Å²) in [6.45, 7) is 0. The molecule has 0 N–H and O–H groups in total. The molecule has 1 heterocycles. The molecule has 0 atom stereocenters. The average Bonchev–Trinajstić information content (AvgIpc) is 3.12. The van der Waals surface area contributed by atoms with E-state index in [4.69, 9.17) is 32.9 Å². The Bertz CT molecular complexity index is 1070. The molecule has 130 valence electrons. The quantitative estimate of drug-likeness (QED) is 0.373. The van der Waals surface area contributed by atoms with Gasteiger partial charge in [-0.25, -0.2) is 4.98 Å². The van der Waals surface area contributed by atoms with Gasteiger partial charge in [-0.05, 0) is 46.7 Å². The fraction of sp³-hybridized carbons (Fsp3) is 0.0952. The van der Waals surface area contributed by atoms with Crippen LogP contribution in [-0.4, -0.2) is 12.1 Å². The second-order valence-corrected chi connectivity index (χ2v) is 7.69. The molecule has 0 amide bonds. The molecule has 0 aliphatic heterocycles. The Hall–Kier alpha value is -2.07. The van der Waals surface area contributed by atoms with Gasteiger partial charge in [-0.1, -0.05) is 47.5 Å². The largest absolute Gasteiger partial charge is 0.497 e. The molecule has 4 rings (SSSR count). The van der Waals surface area contributed by atoms with Crippen LogP contribution in [0.25, 0.3) is 22.0 Å². The van der Waals surface area contributed by atoms with E-state index in [0.717, 1.165) is 38.4 Å². The molecule has 0 aliphatic carbocycles. The van der Waals surface area contributed by atoms with Crippen LogP contribution in [0.1, 0.15) is 10.6 Å². The van der Waals surface area contributed by atoms with E-state index < -0.39 is 0 Å². The molecule has 0 bridgehead atoms. The first-order valence-corrected chi connectivity index (χ1v) is 9.73. The standard InChI is InChI=1S/C21H15Cl2NOS/c1-25-16-8-7-13-9-15(6-5-14(13)10-16)20-12-26-21(24-20)11-17-18(22)3-2-4-19(17)23/h2-10,12H,11H2,1H3. The van der Waals surface area contributed by atoms with Gasteiger partial charge in [-0.3, -0.25) is 0 Å². The van der Waals surface area contributed by atoms with Crippen LogP contribution in [0, 0.1) is 0 Å². The maximum Gasteiger partial charge on any atom is 0.119 e. The summed E-state index contributed by atoms with van der Waals surface area (Å²) >= 11 is 14.2. The van der Waals surface area contributed by atoms with Crippen LogP contribution in [0.4, 0.5) is 0 Å². The van der Waals surface area contributed by atoms with Crippen molar-refractivity contribution in [2.75, 3.05) is 7.11 Å². The van der Waals surface area contributed by atoms with Crippen LogP contribution in [0.2, 0.25) is 10.0 Å². The summed E-state index contributed by atoms with van der Waals surface area (Å²) < 4.78 is 5.28. The monoisotopic (exact) mass is 399 g/mol. The van der Waals surface area contributed by atoms with Crippen LogP contribution in [-0.2, 0) is 6.42 Å². The minimum absolute atomic E-state index is 0.633. The highest BCUT2D eigenvalue weighted by Crippen LogP contribution is 2.31. The first-order chi connectivity index (χ1) is 12.6. The lowest BCUT2D eigenvalue weighted by Crippen LogP contribution is -1.90. The van der Waals surface area contributed by atoms with Crippen LogP contribution in [0.5, 0.6) is 5.75 Å². The second-order valence-electron chi connectivity index (χ2n) is 5.93. The zero-order valence-corrected chi connectivity index (χ0v) is 16.3. The van der Waals surface area contributed by atoms with Gasteiger partial charge in [0.2, 0.25) is 0 Å². The molecule has 4 aromatic rings. The molecule has 0 saturated carbocycles. The number of hydrogen-bond acceptors (Lipinski definition) is 3. The lowest BCUT2D eigenvalue weighted by atomic mass is 10.1. The van der Waals surface area contributed by atoms with Crippen molar-refractivity contribution in [3.05, 3.63) is 80.6 Å². The number of halogens is 2. The number of methoxy groups -OCH3 is 1. The highest BCUT2D eigenvalue weighted by molar-refractivity contribution is 7.10. The highest BCUT2D eigenvalue weighted by atomic mass is 35.5. The van der Waals surface area contributed by atoms with Crippen molar-refractivity contribution in [2.45, 2.75) is 6.42 Å². The summed E-state index contributed by atoms with van der Waals surface area (Å²) in [6, 6.07) is 18.0. The van der Waals surface area contributed by atoms with E-state index in [-0.39, 0.29) is 0 Å². The van der Waals surface area contributed by atoms with Crippen molar-refractivity contribution in [2.24, 2.45) is 0 Å². The number of fused-ring (bicyclic) bond motifs is 1. The zero-order chi connectivity index (χ0) is 18.1. The molecule has 0 saturated heterocycles. The molecule has 2 nitrogen and oxygen atoms in total. The van der Waals surface area contributed by atoms with Gasteiger partial charge in [0.15, 0.2) is 0 Å². The first kappa shape index (κ1) is 17.3. The van der Waals surface area contributed by atoms with Crippen molar-refractivity contribution < 1.29 is 4.74 Å². The lowest BCUT2D eigenvalue weighted by Gasteiger charge is -2.05. The fourth-order valence-electron chi connectivity index (χ4n) is 2.89. The third kappa shape index (κ3) is 3.43. The van der Waals surface area contributed by atoms with E-state index in [9.17, 15) is 0 Å². The SMILES string of the molecule is COc1ccc2cc(-c3csc(Cc4c(Cl)cccc4Cl)n3)ccc2c1. The van der Waals surface area contributed by atoms with E-state index >= 15 is 0 Å². The minimum Gasteiger partial charge on any atom is -0.497 e. The topological polar surface area (TPSA) is 22.1 Å². The van der Waals surface area contributed by atoms with Crippen molar-refractivity contribution in [3.8, 4) is 17.0 Å². The van der Waals surface area contributed by atoms with E-state index in [2.05, 4.69) is 29.6 Å². The molecule has 5 heteroatoms. The van der Waals surface area contributed by atoms with E-state index in [1.807, 2.05) is 30.3 Å². The number of hydrogen-bond donors (Lipinski definition) is 0. The molecule has 0 unspecified atom stereocenters. The third-order valence-electron chi connectivity index (χ3n) is 4.28. The summed E-state index contributed by atoms with van der Waals surface area (Å²) in [7, 11) is 1.68. The van der Waals surface area contributed by atoms with Gasteiger partial charge < -0.3 is 4.74 Å². The number of ether oxygens (including phenoxy) is 1. The highest BCUT2D eigenvalue weighted by Gasteiger charge is 2.11. The van der Waals surface area contributed by atoms with Crippen molar-refractivity contribution in [1.29, 1.82) is 0 Å². The lowest BCUT2D eigenvalue weighted by molar-refractivity contribution is 0.415. The van der Waals surface area contributed by atoms with Gasteiger partial charge in [-0.15, -0.1) is 11.3 Å². The molecule has 3 aromatic carbocycles. The van der Waals surface area contributed by atoms with Gasteiger partial charge in [-0.2, -0.15) is 0 Å². The number of aromatic nitrogens is 1. The maximum absolute atomic E-state index is 6.28. The van der Waals surface area contributed by atoms with Crippen LogP contribution < -0.4 is 4.74 Å². The maximum atomic E-state index is 6.28. The van der Waals surface area contributed by atoms with Crippen molar-refractivity contribution in [1.82, 2.24) is 4.98 Å². The average molecular weight is 400 g/mol. The molecule has 1 aromatic heterocycles. The number of rotatable bonds is 4. The minimum atomic E-state index is 0.633. The zero-order valence-electron chi connectivity index (χ0n) is 14.0. The molecule has 0 aliphatic rings. The van der Waals surface area contributed by atoms with Crippen LogP contribution in [0.15, 0.2) is 60.0 Å². The van der Waals surface area contributed by atoms with Crippen molar-refractivity contribution >= 4 is 45.3 Å². The smallest absolute Gasteiger partial charge is 0.119 e. The van der Waals surface area contributed by atoms with E-state index in [1.54, 1.807) is 18.4 Å². The van der Waals surface area contributed by atoms with Gasteiger partial charge >= 0.3 is 0 Å². The summed E-state index contributed by atoms with van der Waals surface area (Å²) in [6.07, 6.45) is 0.633. The Kier molecular flexibility index (Phi) is 4.86. The third-order valence-corrected chi connectivity index (χ3v) is 5.84. The Labute approximate surface area is 166 Å². The van der Waals surface area contributed by atoms with Gasteiger partial charge in [0.25, 0.3) is 0 Å². The van der Waals surface area contributed by atoms with Crippen LogP contribution >= 0.6 is 34.5 Å². The Morgan fingerprint density at radius 2 is 1.69 bits per heavy atom. The van der Waals surface area contributed by atoms with Gasteiger partial charge in [0.05, 0.1) is 17.8 Å². The molecule has 0 radical (unpaired) electrons. The number of nitrogens with zero attached hydrogens (tertiary/aromatic N) is 1.